The number of hydrogen-bond acceptors (Lipinski definition) is 4. The van der Waals surface area contributed by atoms with Gasteiger partial charge in [0.05, 0.1) is 0 Å². The van der Waals surface area contributed by atoms with Crippen molar-refractivity contribution >= 4 is 13.6 Å². The third kappa shape index (κ3) is 3.42. The van der Waals surface area contributed by atoms with Crippen molar-refractivity contribution in [2.24, 2.45) is 0 Å². The van der Waals surface area contributed by atoms with Crippen molar-refractivity contribution < 1.29 is 23.5 Å². The summed E-state index contributed by atoms with van der Waals surface area (Å²) in [6, 6.07) is 0. The minimum absolute atomic E-state index is 0.0431. The quantitative estimate of drug-likeness (QED) is 0.397. The van der Waals surface area contributed by atoms with Gasteiger partial charge in [-0.05, 0) is 12.8 Å². The highest BCUT2D eigenvalue weighted by Gasteiger charge is 2.54. The molecule has 0 saturated carbocycles. The summed E-state index contributed by atoms with van der Waals surface area (Å²) in [6.45, 7) is 10.3. The molecule has 1 N–H and O–H groups in total. The Morgan fingerprint density at radius 1 is 1.28 bits per heavy atom. The fraction of sp³-hybridized carbons (Fsp3) is 0.417. The van der Waals surface area contributed by atoms with Crippen LogP contribution in [0.5, 0.6) is 0 Å². The van der Waals surface area contributed by atoms with Crippen LogP contribution in [0.25, 0.3) is 0 Å². The first-order valence-electron chi connectivity index (χ1n) is 5.30. The summed E-state index contributed by atoms with van der Waals surface area (Å²) >= 11 is 0. The number of allylic oxidation sites excluding steroid dienone is 2. The van der Waals surface area contributed by atoms with E-state index in [-0.39, 0.29) is 19.4 Å². The molecule has 0 rings (SSSR count). The van der Waals surface area contributed by atoms with Crippen molar-refractivity contribution in [1.82, 2.24) is 0 Å². The van der Waals surface area contributed by atoms with E-state index in [1.165, 1.54) is 18.2 Å². The molecule has 0 fully saturated rings. The number of esters is 1. The van der Waals surface area contributed by atoms with Gasteiger partial charge in [-0.1, -0.05) is 24.8 Å². The predicted octanol–water partition coefficient (Wildman–Crippen LogP) is 2.44. The van der Waals surface area contributed by atoms with Gasteiger partial charge in [0.1, 0.15) is 6.61 Å². The number of ether oxygens (including phenoxy) is 1. The fourth-order valence-electron chi connectivity index (χ4n) is 1.52. The molecule has 0 saturated heterocycles. The lowest BCUT2D eigenvalue weighted by atomic mass is 10.0. The molecule has 1 atom stereocenters. The van der Waals surface area contributed by atoms with Crippen LogP contribution in [-0.4, -0.2) is 29.7 Å². The van der Waals surface area contributed by atoms with Gasteiger partial charge in [0.2, 0.25) is 0 Å². The molecule has 6 heteroatoms. The van der Waals surface area contributed by atoms with E-state index in [9.17, 15) is 14.3 Å². The van der Waals surface area contributed by atoms with Crippen LogP contribution in [0.15, 0.2) is 38.0 Å². The van der Waals surface area contributed by atoms with Gasteiger partial charge in [-0.2, -0.15) is 0 Å². The molecule has 0 aliphatic carbocycles. The molecular weight excluding hydrogens is 255 g/mol. The van der Waals surface area contributed by atoms with Crippen LogP contribution >= 0.6 is 7.60 Å². The van der Waals surface area contributed by atoms with E-state index in [4.69, 9.17) is 4.74 Å². The monoisotopic (exact) mass is 274 g/mol. The summed E-state index contributed by atoms with van der Waals surface area (Å²) in [6.07, 6.45) is 4.04. The Kier molecular flexibility index (Phi) is 6.84. The second-order valence-electron chi connectivity index (χ2n) is 3.61. The Labute approximate surface area is 107 Å². The molecule has 102 valence electrons. The molecule has 1 unspecified atom stereocenters. The zero-order valence-electron chi connectivity index (χ0n) is 10.5. The lowest BCUT2D eigenvalue weighted by molar-refractivity contribution is -0.146. The number of carbonyl (C=O) groups excluding carboxylic acids is 1. The first kappa shape index (κ1) is 16.8. The first-order valence-corrected chi connectivity index (χ1v) is 6.88. The molecule has 0 amide bonds. The molecule has 0 spiro atoms. The van der Waals surface area contributed by atoms with Crippen LogP contribution in [0.4, 0.5) is 0 Å². The number of carbonyl (C=O) groups is 1. The zero-order valence-corrected chi connectivity index (χ0v) is 11.4. The van der Waals surface area contributed by atoms with Crippen LogP contribution in [0.1, 0.15) is 12.8 Å². The molecule has 5 nitrogen and oxygen atoms in total. The van der Waals surface area contributed by atoms with Crippen LogP contribution in [-0.2, 0) is 18.6 Å². The summed E-state index contributed by atoms with van der Waals surface area (Å²) in [5, 5.41) is -1.70. The third-order valence-corrected chi connectivity index (χ3v) is 4.59. The maximum atomic E-state index is 12.1. The topological polar surface area (TPSA) is 72.8 Å². The van der Waals surface area contributed by atoms with Gasteiger partial charge in [0.15, 0.2) is 5.16 Å². The molecule has 0 aliphatic heterocycles. The number of rotatable bonds is 9. The Morgan fingerprint density at radius 3 is 2.11 bits per heavy atom. The molecular formula is C12H19O5P. The third-order valence-electron chi connectivity index (χ3n) is 2.46. The predicted molar refractivity (Wildman–Crippen MR) is 70.3 cm³/mol. The summed E-state index contributed by atoms with van der Waals surface area (Å²) in [5.74, 6) is -0.824. The summed E-state index contributed by atoms with van der Waals surface area (Å²) in [5.41, 5.74) is 0. The van der Waals surface area contributed by atoms with Crippen LogP contribution < -0.4 is 0 Å². The van der Waals surface area contributed by atoms with Crippen LogP contribution in [0.3, 0.4) is 0 Å². The van der Waals surface area contributed by atoms with Crippen molar-refractivity contribution in [3.05, 3.63) is 38.0 Å². The van der Waals surface area contributed by atoms with Gasteiger partial charge < -0.3 is 14.2 Å². The van der Waals surface area contributed by atoms with Gasteiger partial charge in [-0.15, -0.1) is 13.2 Å². The first-order chi connectivity index (χ1) is 8.41. The van der Waals surface area contributed by atoms with Crippen LogP contribution in [0.2, 0.25) is 0 Å². The number of hydrogen-bond donors (Lipinski definition) is 1. The Hall–Kier alpha value is -1.16. The van der Waals surface area contributed by atoms with Crippen molar-refractivity contribution in [1.29, 1.82) is 0 Å². The second-order valence-corrected chi connectivity index (χ2v) is 5.87. The standard InChI is InChI=1S/C12H19O5P/c1-5-8-12(9-6-2,18(14,15)16-4)11(13)17-10-7-3/h5-7H,1-3,8-10H2,4H3,(H,14,15). The van der Waals surface area contributed by atoms with Gasteiger partial charge >= 0.3 is 13.6 Å². The molecule has 0 aromatic rings. The highest BCUT2D eigenvalue weighted by molar-refractivity contribution is 7.55. The van der Waals surface area contributed by atoms with Gasteiger partial charge in [0, 0.05) is 7.11 Å². The summed E-state index contributed by atoms with van der Waals surface area (Å²) in [4.78, 5) is 21.9. The molecule has 0 aliphatic rings. The average Bonchev–Trinajstić information content (AvgIpc) is 2.35. The van der Waals surface area contributed by atoms with Crippen molar-refractivity contribution in [2.45, 2.75) is 18.0 Å². The molecule has 0 radical (unpaired) electrons. The van der Waals surface area contributed by atoms with Gasteiger partial charge in [-0.25, -0.2) is 0 Å². The lowest BCUT2D eigenvalue weighted by Crippen LogP contribution is -2.39. The van der Waals surface area contributed by atoms with E-state index in [0.717, 1.165) is 7.11 Å². The maximum Gasteiger partial charge on any atom is 0.345 e. The maximum absolute atomic E-state index is 12.1. The van der Waals surface area contributed by atoms with Crippen molar-refractivity contribution in [2.75, 3.05) is 13.7 Å². The minimum atomic E-state index is -4.20. The fourth-order valence-corrected chi connectivity index (χ4v) is 2.88. The van der Waals surface area contributed by atoms with Gasteiger partial charge in [-0.3, -0.25) is 9.36 Å². The smallest absolute Gasteiger partial charge is 0.345 e. The molecule has 0 heterocycles. The highest BCUT2D eigenvalue weighted by Crippen LogP contribution is 2.59. The van der Waals surface area contributed by atoms with E-state index < -0.39 is 18.7 Å². The normalized spacial score (nSPS) is 14.3. The average molecular weight is 274 g/mol. The summed E-state index contributed by atoms with van der Waals surface area (Å²) in [7, 11) is -3.12. The van der Waals surface area contributed by atoms with E-state index in [1.54, 1.807) is 0 Å². The van der Waals surface area contributed by atoms with Gasteiger partial charge in [0.25, 0.3) is 0 Å². The molecule has 18 heavy (non-hydrogen) atoms. The van der Waals surface area contributed by atoms with E-state index in [1.807, 2.05) is 0 Å². The minimum Gasteiger partial charge on any atom is -0.461 e. The van der Waals surface area contributed by atoms with E-state index in [2.05, 4.69) is 24.3 Å². The molecule has 0 aromatic heterocycles. The van der Waals surface area contributed by atoms with Crippen molar-refractivity contribution in [3.8, 4) is 0 Å². The van der Waals surface area contributed by atoms with Crippen molar-refractivity contribution in [3.63, 3.8) is 0 Å². The largest absolute Gasteiger partial charge is 0.461 e. The van der Waals surface area contributed by atoms with E-state index in [0.29, 0.717) is 0 Å². The SMILES string of the molecule is C=CCOC(=O)C(CC=C)(CC=C)P(=O)(O)OC. The molecule has 0 aromatic carbocycles. The Balaban J connectivity index is 5.53. The second kappa shape index (κ2) is 7.31. The Morgan fingerprint density at radius 2 is 1.78 bits per heavy atom. The highest BCUT2D eigenvalue weighted by atomic mass is 31.2. The molecule has 0 bridgehead atoms. The zero-order chi connectivity index (χ0) is 14.2. The Bertz CT molecular complexity index is 365. The van der Waals surface area contributed by atoms with Crippen LogP contribution in [0, 0.1) is 0 Å². The van der Waals surface area contributed by atoms with E-state index >= 15 is 0 Å². The summed E-state index contributed by atoms with van der Waals surface area (Å²) < 4.78 is 21.6. The lowest BCUT2D eigenvalue weighted by Gasteiger charge is -2.31.